The molecule has 5 atom stereocenters. The highest BCUT2D eigenvalue weighted by Crippen LogP contribution is 2.87. The maximum Gasteiger partial charge on any atom is 0.0465 e. The van der Waals surface area contributed by atoms with Gasteiger partial charge in [-0.1, -0.05) is 152 Å². The van der Waals surface area contributed by atoms with Gasteiger partial charge in [0.2, 0.25) is 0 Å². The number of rotatable bonds is 4. The molecule has 6 aromatic rings. The van der Waals surface area contributed by atoms with Gasteiger partial charge in [-0.3, -0.25) is 0 Å². The van der Waals surface area contributed by atoms with Crippen LogP contribution in [0.4, 0.5) is 11.4 Å². The quantitative estimate of drug-likeness (QED) is 0.179. The second kappa shape index (κ2) is 9.69. The van der Waals surface area contributed by atoms with E-state index in [4.69, 9.17) is 0 Å². The fourth-order valence-electron chi connectivity index (χ4n) is 9.32. The first kappa shape index (κ1) is 26.4. The lowest BCUT2D eigenvalue weighted by molar-refractivity contribution is 0.555. The van der Waals surface area contributed by atoms with Crippen molar-refractivity contribution in [1.29, 1.82) is 0 Å². The molecule has 226 valence electrons. The lowest BCUT2D eigenvalue weighted by Gasteiger charge is -2.33. The largest absolute Gasteiger partial charge is 0.314 e. The number of anilines is 2. The Kier molecular flexibility index (Phi) is 5.33. The van der Waals surface area contributed by atoms with Crippen molar-refractivity contribution in [3.63, 3.8) is 0 Å². The number of nitrogens with zero attached hydrogens (tertiary/aromatic N) is 1. The second-order valence-corrected chi connectivity index (χ2v) is 14.1. The van der Waals surface area contributed by atoms with Gasteiger partial charge in [0.1, 0.15) is 0 Å². The van der Waals surface area contributed by atoms with E-state index in [-0.39, 0.29) is 5.92 Å². The summed E-state index contributed by atoms with van der Waals surface area (Å²) in [4.78, 5) is 2.55. The van der Waals surface area contributed by atoms with Crippen molar-refractivity contribution < 1.29 is 0 Å². The first-order valence-corrected chi connectivity index (χ1v) is 17.3. The van der Waals surface area contributed by atoms with Gasteiger partial charge in [-0.15, -0.1) is 0 Å². The summed E-state index contributed by atoms with van der Waals surface area (Å²) in [5.74, 6) is 2.42. The maximum absolute atomic E-state index is 2.62. The Morgan fingerprint density at radius 2 is 0.938 bits per heavy atom. The van der Waals surface area contributed by atoms with Crippen LogP contribution in [0, 0.1) is 29.1 Å². The summed E-state index contributed by atoms with van der Waals surface area (Å²) >= 11 is 0. The zero-order valence-electron chi connectivity index (χ0n) is 26.5. The zero-order chi connectivity index (χ0) is 31.4. The highest BCUT2D eigenvalue weighted by Gasteiger charge is 2.83. The lowest BCUT2D eigenvalue weighted by atomic mass is 9.80. The van der Waals surface area contributed by atoms with E-state index < -0.39 is 0 Å². The molecule has 2 fully saturated rings. The van der Waals surface area contributed by atoms with Crippen LogP contribution < -0.4 is 4.90 Å². The predicted molar refractivity (Wildman–Crippen MR) is 199 cm³/mol. The molecule has 0 radical (unpaired) electrons. The molecular formula is C47H33N. The van der Waals surface area contributed by atoms with Crippen LogP contribution in [0.2, 0.25) is 0 Å². The topological polar surface area (TPSA) is 3.24 Å². The molecule has 1 heteroatoms. The van der Waals surface area contributed by atoms with Gasteiger partial charge in [-0.05, 0) is 97.7 Å². The van der Waals surface area contributed by atoms with Crippen LogP contribution in [0.5, 0.6) is 0 Å². The zero-order valence-corrected chi connectivity index (χ0v) is 26.5. The summed E-state index contributed by atoms with van der Waals surface area (Å²) in [5.41, 5.74) is 16.8. The SMILES string of the molecule is C1=CC2C3C4C=C(N(c5ccc(-c6ccccc6)cc5)c5ccc6c(c5)-c5ccccc5-c5ccccc5-c5ccccc5-6)C1C=CC243. The Labute approximate surface area is 281 Å². The van der Waals surface area contributed by atoms with Crippen LogP contribution in [0.15, 0.2) is 182 Å². The third kappa shape index (κ3) is 3.62. The standard InChI is InChI=1S/C47H33N/c1-2-10-30(11-3-1)31-18-21-33(22-19-31)48(45-29-44-46-43-25-20-32(45)26-27-47(43,44)46)34-23-24-41-39-16-7-6-14-37(39)35-12-4-5-13-36(35)38-15-8-9-17-40(38)42(41)28-34/h1-29,32,43-44,46H. The van der Waals surface area contributed by atoms with Gasteiger partial charge in [-0.2, -0.15) is 0 Å². The third-order valence-corrected chi connectivity index (χ3v) is 11.8. The van der Waals surface area contributed by atoms with Crippen molar-refractivity contribution in [3.05, 3.63) is 182 Å². The summed E-state index contributed by atoms with van der Waals surface area (Å²) in [6.45, 7) is 0. The van der Waals surface area contributed by atoms with Crippen molar-refractivity contribution >= 4 is 11.4 Å². The van der Waals surface area contributed by atoms with Crippen molar-refractivity contribution in [2.75, 3.05) is 4.90 Å². The van der Waals surface area contributed by atoms with Gasteiger partial charge >= 0.3 is 0 Å². The van der Waals surface area contributed by atoms with E-state index in [1.165, 1.54) is 72.7 Å². The van der Waals surface area contributed by atoms with Crippen molar-refractivity contribution in [2.24, 2.45) is 29.1 Å². The number of benzene rings is 6. The molecule has 5 aliphatic carbocycles. The molecule has 2 bridgehead atoms. The molecule has 0 amide bonds. The Morgan fingerprint density at radius 3 is 1.56 bits per heavy atom. The molecule has 0 aliphatic heterocycles. The van der Waals surface area contributed by atoms with Gasteiger partial charge in [0.25, 0.3) is 0 Å². The first-order valence-electron chi connectivity index (χ1n) is 17.3. The molecule has 5 aliphatic rings. The van der Waals surface area contributed by atoms with Gasteiger partial charge in [0.15, 0.2) is 0 Å². The van der Waals surface area contributed by atoms with Gasteiger partial charge in [-0.25, -0.2) is 0 Å². The molecule has 5 unspecified atom stereocenters. The summed E-state index contributed by atoms with van der Waals surface area (Å²) < 4.78 is 0. The lowest BCUT2D eigenvalue weighted by Crippen LogP contribution is -2.23. The maximum atomic E-state index is 2.62. The first-order chi connectivity index (χ1) is 23.8. The van der Waals surface area contributed by atoms with Gasteiger partial charge in [0, 0.05) is 28.4 Å². The molecule has 2 saturated carbocycles. The average Bonchev–Trinajstić information content (AvgIpc) is 4.02. The van der Waals surface area contributed by atoms with Crippen molar-refractivity contribution in [2.45, 2.75) is 0 Å². The molecule has 0 heterocycles. The smallest absolute Gasteiger partial charge is 0.0465 e. The van der Waals surface area contributed by atoms with Crippen LogP contribution in [0.1, 0.15) is 0 Å². The van der Waals surface area contributed by atoms with Crippen molar-refractivity contribution in [3.8, 4) is 55.6 Å². The van der Waals surface area contributed by atoms with Crippen LogP contribution in [-0.4, -0.2) is 0 Å². The fourth-order valence-corrected chi connectivity index (χ4v) is 9.32. The molecule has 1 nitrogen and oxygen atoms in total. The summed E-state index contributed by atoms with van der Waals surface area (Å²) in [7, 11) is 0. The van der Waals surface area contributed by atoms with Crippen LogP contribution in [0.25, 0.3) is 55.6 Å². The molecule has 6 aromatic carbocycles. The molecule has 11 rings (SSSR count). The number of hydrogen-bond acceptors (Lipinski definition) is 1. The Morgan fingerprint density at radius 1 is 0.417 bits per heavy atom. The van der Waals surface area contributed by atoms with Crippen molar-refractivity contribution in [1.82, 2.24) is 0 Å². The Balaban J connectivity index is 1.13. The molecular weight excluding hydrogens is 579 g/mol. The van der Waals surface area contributed by atoms with E-state index >= 15 is 0 Å². The molecule has 0 saturated heterocycles. The minimum absolute atomic E-state index is 0.247. The average molecular weight is 612 g/mol. The Hall–Kier alpha value is -5.66. The van der Waals surface area contributed by atoms with E-state index in [1.807, 2.05) is 0 Å². The van der Waals surface area contributed by atoms with Crippen LogP contribution in [-0.2, 0) is 0 Å². The minimum atomic E-state index is 0.247. The molecule has 0 aromatic heterocycles. The van der Waals surface area contributed by atoms with E-state index in [0.29, 0.717) is 11.3 Å². The minimum Gasteiger partial charge on any atom is -0.314 e. The Bertz CT molecular complexity index is 2370. The third-order valence-electron chi connectivity index (χ3n) is 11.8. The highest BCUT2D eigenvalue weighted by atomic mass is 15.2. The van der Waals surface area contributed by atoms with Crippen LogP contribution >= 0.6 is 0 Å². The number of hydrogen-bond donors (Lipinski definition) is 0. The normalized spacial score (nSPS) is 24.3. The second-order valence-electron chi connectivity index (χ2n) is 14.1. The van der Waals surface area contributed by atoms with E-state index in [1.54, 1.807) is 0 Å². The summed E-state index contributed by atoms with van der Waals surface area (Å²) in [6, 6.07) is 53.8. The molecule has 48 heavy (non-hydrogen) atoms. The van der Waals surface area contributed by atoms with Crippen LogP contribution in [0.3, 0.4) is 0 Å². The summed E-state index contributed by atoms with van der Waals surface area (Å²) in [6.07, 6.45) is 12.6. The van der Waals surface area contributed by atoms with Gasteiger partial charge in [0.05, 0.1) is 0 Å². The predicted octanol–water partition coefficient (Wildman–Crippen LogP) is 12.0. The fraction of sp³-hybridized carbons (Fsp3) is 0.106. The monoisotopic (exact) mass is 611 g/mol. The number of allylic oxidation sites excluding steroid dienone is 4. The van der Waals surface area contributed by atoms with E-state index in [2.05, 4.69) is 181 Å². The molecule has 1 spiro atoms. The van der Waals surface area contributed by atoms with E-state index in [9.17, 15) is 0 Å². The number of fused-ring (bicyclic) bond motifs is 11. The van der Waals surface area contributed by atoms with E-state index in [0.717, 1.165) is 11.8 Å². The highest BCUT2D eigenvalue weighted by molar-refractivity contribution is 6.03. The molecule has 0 N–H and O–H groups in total. The van der Waals surface area contributed by atoms with Gasteiger partial charge < -0.3 is 4.90 Å². The summed E-state index contributed by atoms with van der Waals surface area (Å²) in [5, 5.41) is 0.